The third-order valence-corrected chi connectivity index (χ3v) is 3.77. The topological polar surface area (TPSA) is 116 Å². The number of halogens is 1. The van der Waals surface area contributed by atoms with E-state index in [1.54, 1.807) is 24.3 Å². The van der Waals surface area contributed by atoms with Crippen LogP contribution in [-0.2, 0) is 9.59 Å². The molecule has 0 aliphatic carbocycles. The van der Waals surface area contributed by atoms with E-state index in [1.807, 2.05) is 6.07 Å². The number of carbonyl (C=O) groups excluding carboxylic acids is 1. The maximum Gasteiger partial charge on any atom is 0.305 e. The van der Waals surface area contributed by atoms with Crippen LogP contribution in [0.5, 0.6) is 0 Å². The van der Waals surface area contributed by atoms with E-state index in [9.17, 15) is 9.59 Å². The molecule has 0 radical (unpaired) electrons. The second kappa shape index (κ2) is 6.86. The standard InChI is InChI=1S/C13H17ClN4O3/c14-10-11(17-18-12(10)15)13(21)16-8(6-9(19)20)7-4-2-1-3-5-7/h1-5,8,10-12,17-18H,6,15H2,(H,16,21)(H,19,20). The van der Waals surface area contributed by atoms with Crippen LogP contribution < -0.4 is 21.9 Å². The number of rotatable bonds is 5. The summed E-state index contributed by atoms with van der Waals surface area (Å²) in [4.78, 5) is 23.2. The van der Waals surface area contributed by atoms with Crippen molar-refractivity contribution in [1.29, 1.82) is 0 Å². The first kappa shape index (κ1) is 15.7. The summed E-state index contributed by atoms with van der Waals surface area (Å²) in [5.41, 5.74) is 11.7. The average molecular weight is 313 g/mol. The summed E-state index contributed by atoms with van der Waals surface area (Å²) in [6.45, 7) is 0. The molecule has 1 amide bonds. The highest BCUT2D eigenvalue weighted by Gasteiger charge is 2.37. The largest absolute Gasteiger partial charge is 0.481 e. The minimum atomic E-state index is -0.999. The predicted octanol–water partition coefficient (Wildman–Crippen LogP) is -0.313. The lowest BCUT2D eigenvalue weighted by Crippen LogP contribution is -2.47. The van der Waals surface area contributed by atoms with Gasteiger partial charge in [0.25, 0.3) is 0 Å². The zero-order valence-corrected chi connectivity index (χ0v) is 11.9. The van der Waals surface area contributed by atoms with Gasteiger partial charge in [-0.25, -0.2) is 10.9 Å². The van der Waals surface area contributed by atoms with E-state index in [0.717, 1.165) is 5.56 Å². The van der Waals surface area contributed by atoms with Gasteiger partial charge in [0.05, 0.1) is 24.0 Å². The maximum absolute atomic E-state index is 12.2. The zero-order valence-electron chi connectivity index (χ0n) is 11.1. The summed E-state index contributed by atoms with van der Waals surface area (Å²) in [5.74, 6) is -1.40. The molecule has 0 bridgehead atoms. The fraction of sp³-hybridized carbons (Fsp3) is 0.385. The Morgan fingerprint density at radius 3 is 2.52 bits per heavy atom. The van der Waals surface area contributed by atoms with Crippen LogP contribution >= 0.6 is 11.6 Å². The number of hydrogen-bond acceptors (Lipinski definition) is 5. The Hall–Kier alpha value is -1.67. The van der Waals surface area contributed by atoms with Crippen LogP contribution in [0.3, 0.4) is 0 Å². The number of aliphatic carboxylic acids is 1. The van der Waals surface area contributed by atoms with Gasteiger partial charge in [-0.15, -0.1) is 11.6 Å². The van der Waals surface area contributed by atoms with Crippen molar-refractivity contribution >= 4 is 23.5 Å². The van der Waals surface area contributed by atoms with Crippen molar-refractivity contribution in [3.63, 3.8) is 0 Å². The number of nitrogens with one attached hydrogen (secondary N) is 3. The molecule has 1 heterocycles. The highest BCUT2D eigenvalue weighted by Crippen LogP contribution is 2.18. The molecule has 1 aliphatic rings. The van der Waals surface area contributed by atoms with Gasteiger partial charge >= 0.3 is 5.97 Å². The van der Waals surface area contributed by atoms with E-state index in [0.29, 0.717) is 0 Å². The molecule has 4 atom stereocenters. The van der Waals surface area contributed by atoms with Crippen LogP contribution in [0.15, 0.2) is 30.3 Å². The molecule has 21 heavy (non-hydrogen) atoms. The van der Waals surface area contributed by atoms with Crippen molar-refractivity contribution in [3.8, 4) is 0 Å². The van der Waals surface area contributed by atoms with Gasteiger partial charge in [0.15, 0.2) is 0 Å². The average Bonchev–Trinajstić information content (AvgIpc) is 2.79. The molecule has 1 aromatic rings. The summed E-state index contributed by atoms with van der Waals surface area (Å²) in [5, 5.41) is 11.1. The fourth-order valence-corrected chi connectivity index (χ4v) is 2.38. The molecule has 1 aromatic carbocycles. The second-order valence-corrected chi connectivity index (χ2v) is 5.31. The lowest BCUT2D eigenvalue weighted by Gasteiger charge is -2.21. The Morgan fingerprint density at radius 2 is 2.00 bits per heavy atom. The molecule has 1 fully saturated rings. The van der Waals surface area contributed by atoms with Crippen molar-refractivity contribution in [2.45, 2.75) is 30.0 Å². The molecule has 114 valence electrons. The molecule has 0 saturated carbocycles. The van der Waals surface area contributed by atoms with Gasteiger partial charge in [-0.3, -0.25) is 9.59 Å². The molecule has 1 aliphatic heterocycles. The molecule has 2 rings (SSSR count). The number of carbonyl (C=O) groups is 2. The van der Waals surface area contributed by atoms with Gasteiger partial charge in [0.1, 0.15) is 6.04 Å². The third kappa shape index (κ3) is 3.92. The fourth-order valence-electron chi connectivity index (χ4n) is 2.14. The summed E-state index contributed by atoms with van der Waals surface area (Å²) in [7, 11) is 0. The van der Waals surface area contributed by atoms with Crippen LogP contribution in [0, 0.1) is 0 Å². The summed E-state index contributed by atoms with van der Waals surface area (Å²) >= 11 is 6.03. The van der Waals surface area contributed by atoms with Crippen molar-refractivity contribution in [2.24, 2.45) is 5.73 Å². The maximum atomic E-state index is 12.2. The molecular formula is C13H17ClN4O3. The minimum Gasteiger partial charge on any atom is -0.481 e. The Labute approximate surface area is 126 Å². The third-order valence-electron chi connectivity index (χ3n) is 3.25. The van der Waals surface area contributed by atoms with Crippen LogP contribution in [0.25, 0.3) is 0 Å². The Bertz CT molecular complexity index is 513. The van der Waals surface area contributed by atoms with Crippen LogP contribution in [0.4, 0.5) is 0 Å². The molecule has 0 spiro atoms. The van der Waals surface area contributed by atoms with Crippen LogP contribution in [-0.4, -0.2) is 34.6 Å². The predicted molar refractivity (Wildman–Crippen MR) is 77.3 cm³/mol. The van der Waals surface area contributed by atoms with E-state index < -0.39 is 35.5 Å². The quantitative estimate of drug-likeness (QED) is 0.476. The minimum absolute atomic E-state index is 0.213. The Balaban J connectivity index is 2.08. The normalized spacial score (nSPS) is 26.3. The summed E-state index contributed by atoms with van der Waals surface area (Å²) in [6.07, 6.45) is -0.758. The van der Waals surface area contributed by atoms with Crippen molar-refractivity contribution in [2.75, 3.05) is 0 Å². The molecule has 4 unspecified atom stereocenters. The summed E-state index contributed by atoms with van der Waals surface area (Å²) < 4.78 is 0. The molecule has 1 saturated heterocycles. The zero-order chi connectivity index (χ0) is 15.4. The number of benzene rings is 1. The monoisotopic (exact) mass is 312 g/mol. The number of amides is 1. The highest BCUT2D eigenvalue weighted by molar-refractivity contribution is 6.23. The van der Waals surface area contributed by atoms with E-state index in [4.69, 9.17) is 22.4 Å². The number of carboxylic acid groups (broad SMARTS) is 1. The Morgan fingerprint density at radius 1 is 1.33 bits per heavy atom. The number of hydrogen-bond donors (Lipinski definition) is 5. The Kier molecular flexibility index (Phi) is 5.13. The van der Waals surface area contributed by atoms with Gasteiger partial charge in [-0.2, -0.15) is 0 Å². The first-order chi connectivity index (χ1) is 9.99. The molecule has 7 nitrogen and oxygen atoms in total. The van der Waals surface area contributed by atoms with Gasteiger partial charge in [0.2, 0.25) is 5.91 Å². The number of nitrogens with two attached hydrogens (primary N) is 1. The molecule has 8 heteroatoms. The van der Waals surface area contributed by atoms with E-state index in [-0.39, 0.29) is 6.42 Å². The van der Waals surface area contributed by atoms with Gasteiger partial charge in [-0.1, -0.05) is 30.3 Å². The van der Waals surface area contributed by atoms with E-state index in [1.165, 1.54) is 0 Å². The van der Waals surface area contributed by atoms with E-state index >= 15 is 0 Å². The first-order valence-corrected chi connectivity index (χ1v) is 6.90. The molecular weight excluding hydrogens is 296 g/mol. The van der Waals surface area contributed by atoms with Gasteiger partial charge in [-0.05, 0) is 5.56 Å². The molecule has 0 aromatic heterocycles. The van der Waals surface area contributed by atoms with Gasteiger partial charge in [0, 0.05) is 0 Å². The SMILES string of the molecule is NC1NNC(C(=O)NC(CC(=O)O)c2ccccc2)C1Cl. The lowest BCUT2D eigenvalue weighted by atomic mass is 10.0. The van der Waals surface area contributed by atoms with Crippen LogP contribution in [0.1, 0.15) is 18.0 Å². The summed E-state index contributed by atoms with van der Waals surface area (Å²) in [6, 6.07) is 7.56. The number of hydrazine groups is 1. The van der Waals surface area contributed by atoms with E-state index in [2.05, 4.69) is 16.2 Å². The van der Waals surface area contributed by atoms with Crippen molar-refractivity contribution in [3.05, 3.63) is 35.9 Å². The second-order valence-electron chi connectivity index (χ2n) is 4.81. The molecule has 6 N–H and O–H groups in total. The van der Waals surface area contributed by atoms with Crippen molar-refractivity contribution in [1.82, 2.24) is 16.2 Å². The number of alkyl halides is 1. The smallest absolute Gasteiger partial charge is 0.305 e. The lowest BCUT2D eigenvalue weighted by molar-refractivity contribution is -0.137. The number of carboxylic acids is 1. The van der Waals surface area contributed by atoms with Crippen LogP contribution in [0.2, 0.25) is 0 Å². The van der Waals surface area contributed by atoms with Gasteiger partial charge < -0.3 is 16.2 Å². The van der Waals surface area contributed by atoms with Crippen molar-refractivity contribution < 1.29 is 14.7 Å². The highest BCUT2D eigenvalue weighted by atomic mass is 35.5. The first-order valence-electron chi connectivity index (χ1n) is 6.47.